The largest absolute Gasteiger partial charge is 0.867 e. The van der Waals surface area contributed by atoms with Crippen molar-refractivity contribution in [2.45, 2.75) is 6.92 Å². The monoisotopic (exact) mass is 336 g/mol. The summed E-state index contributed by atoms with van der Waals surface area (Å²) in [4.78, 5) is 25.0. The Morgan fingerprint density at radius 3 is 2.56 bits per heavy atom. The first-order valence-electron chi connectivity index (χ1n) is 7.75. The van der Waals surface area contributed by atoms with Gasteiger partial charge in [0, 0.05) is 17.7 Å². The van der Waals surface area contributed by atoms with E-state index in [9.17, 15) is 14.7 Å². The van der Waals surface area contributed by atoms with Crippen molar-refractivity contribution in [1.82, 2.24) is 0 Å². The molecule has 126 valence electrons. The predicted octanol–water partition coefficient (Wildman–Crippen LogP) is 1.49. The number of hydrogen-bond donors (Lipinski definition) is 1. The van der Waals surface area contributed by atoms with Gasteiger partial charge in [0.15, 0.2) is 6.20 Å². The molecule has 6 heteroatoms. The number of carbonyl (C=O) groups excluding carboxylic acids is 2. The number of carbonyl (C=O) groups is 2. The molecule has 2 N–H and O–H groups in total. The average molecular weight is 336 g/mol. The number of anilines is 1. The lowest BCUT2D eigenvalue weighted by atomic mass is 10.0. The minimum absolute atomic E-state index is 0.0762. The first kappa shape index (κ1) is 16.4. The highest BCUT2D eigenvalue weighted by Crippen LogP contribution is 2.25. The summed E-state index contributed by atoms with van der Waals surface area (Å²) < 4.78 is 6.35. The molecule has 0 saturated carbocycles. The second-order valence-corrected chi connectivity index (χ2v) is 5.37. The molecule has 0 spiro atoms. The Labute approximate surface area is 144 Å². The molecule has 2 heterocycles. The Hall–Kier alpha value is -3.41. The predicted molar refractivity (Wildman–Crippen MR) is 89.3 cm³/mol. The molecule has 0 aliphatic rings. The minimum Gasteiger partial charge on any atom is -0.867 e. The summed E-state index contributed by atoms with van der Waals surface area (Å²) in [6, 6.07) is 13.0. The molecular weight excluding hydrogens is 320 g/mol. The second kappa shape index (κ2) is 6.60. The molecule has 3 aromatic rings. The summed E-state index contributed by atoms with van der Waals surface area (Å²) in [5.41, 5.74) is 6.57. The molecule has 0 saturated heterocycles. The van der Waals surface area contributed by atoms with Crippen LogP contribution in [-0.2, 0) is 4.74 Å². The van der Waals surface area contributed by atoms with Gasteiger partial charge in [0.2, 0.25) is 5.52 Å². The molecule has 0 unspecified atom stereocenters. The highest BCUT2D eigenvalue weighted by Gasteiger charge is 2.26. The van der Waals surface area contributed by atoms with Crippen LogP contribution in [0.4, 0.5) is 5.69 Å². The fraction of sp³-hybridized carbons (Fsp3) is 0.105. The van der Waals surface area contributed by atoms with Crippen molar-refractivity contribution in [3.05, 3.63) is 71.5 Å². The van der Waals surface area contributed by atoms with Gasteiger partial charge >= 0.3 is 5.97 Å². The van der Waals surface area contributed by atoms with Crippen LogP contribution in [0.15, 0.2) is 54.7 Å². The number of nitrogens with two attached hydrogens (primary N) is 1. The Kier molecular flexibility index (Phi) is 4.35. The van der Waals surface area contributed by atoms with E-state index in [0.29, 0.717) is 5.56 Å². The number of esters is 1. The Morgan fingerprint density at radius 1 is 1.16 bits per heavy atom. The van der Waals surface area contributed by atoms with E-state index in [1.165, 1.54) is 10.5 Å². The van der Waals surface area contributed by atoms with Crippen molar-refractivity contribution in [3.8, 4) is 5.75 Å². The van der Waals surface area contributed by atoms with Gasteiger partial charge in [0.25, 0.3) is 11.5 Å². The number of pyridine rings is 2. The lowest BCUT2D eigenvalue weighted by Gasteiger charge is -2.14. The summed E-state index contributed by atoms with van der Waals surface area (Å²) in [5.74, 6) is -1.67. The van der Waals surface area contributed by atoms with E-state index in [1.807, 2.05) is 0 Å². The number of hydrogen-bond acceptors (Lipinski definition) is 5. The molecular formula is C19H16N2O4. The van der Waals surface area contributed by atoms with Crippen LogP contribution in [0, 0.1) is 0 Å². The van der Waals surface area contributed by atoms with Crippen LogP contribution in [-0.4, -0.2) is 18.4 Å². The summed E-state index contributed by atoms with van der Waals surface area (Å²) in [6.07, 6.45) is 1.57. The average Bonchev–Trinajstić information content (AvgIpc) is 2.62. The summed E-state index contributed by atoms with van der Waals surface area (Å²) >= 11 is 0. The molecule has 0 amide bonds. The molecule has 0 aliphatic carbocycles. The number of nitrogens with zero attached hydrogens (tertiary/aromatic N) is 1. The second-order valence-electron chi connectivity index (χ2n) is 5.37. The standard InChI is InChI=1S/C19H16N2O4/c1-2-25-19(24)13-11-15(17(22)12-7-4-3-5-8-12)21-10-6-9-14(20)16(21)18(13)23/h3-11H,2H2,1H3,(H2-,20,22,23,24). The number of benzene rings is 1. The van der Waals surface area contributed by atoms with Gasteiger partial charge in [-0.2, -0.15) is 4.40 Å². The van der Waals surface area contributed by atoms with E-state index >= 15 is 0 Å². The van der Waals surface area contributed by atoms with Gasteiger partial charge in [-0.1, -0.05) is 30.3 Å². The third-order valence-corrected chi connectivity index (χ3v) is 3.79. The molecule has 0 fully saturated rings. The number of ketones is 1. The molecule has 0 aliphatic heterocycles. The summed E-state index contributed by atoms with van der Waals surface area (Å²) in [6.45, 7) is 1.76. The van der Waals surface area contributed by atoms with E-state index in [1.54, 1.807) is 55.6 Å². The van der Waals surface area contributed by atoms with Crippen molar-refractivity contribution in [2.75, 3.05) is 12.3 Å². The number of aromatic nitrogens is 1. The van der Waals surface area contributed by atoms with Gasteiger partial charge in [-0.3, -0.25) is 4.79 Å². The van der Waals surface area contributed by atoms with Crippen molar-refractivity contribution in [3.63, 3.8) is 0 Å². The Bertz CT molecular complexity index is 968. The summed E-state index contributed by atoms with van der Waals surface area (Å²) in [7, 11) is 0. The lowest BCUT2D eigenvalue weighted by molar-refractivity contribution is -0.517. The molecule has 25 heavy (non-hydrogen) atoms. The maximum Gasteiger partial charge on any atom is 0.337 e. The van der Waals surface area contributed by atoms with Crippen LogP contribution < -0.4 is 15.2 Å². The number of ether oxygens (including phenoxy) is 1. The number of nitrogen functional groups attached to an aromatic ring is 1. The lowest BCUT2D eigenvalue weighted by Crippen LogP contribution is -2.34. The van der Waals surface area contributed by atoms with Crippen molar-refractivity contribution in [2.24, 2.45) is 0 Å². The topological polar surface area (TPSA) is 96.6 Å². The smallest absolute Gasteiger partial charge is 0.337 e. The van der Waals surface area contributed by atoms with E-state index in [-0.39, 0.29) is 34.9 Å². The van der Waals surface area contributed by atoms with Gasteiger partial charge in [-0.05, 0) is 18.7 Å². The molecule has 6 nitrogen and oxygen atoms in total. The molecule has 0 bridgehead atoms. The summed E-state index contributed by atoms with van der Waals surface area (Å²) in [5, 5.41) is 12.7. The van der Waals surface area contributed by atoms with Gasteiger partial charge in [-0.15, -0.1) is 0 Å². The third kappa shape index (κ3) is 2.89. The van der Waals surface area contributed by atoms with Crippen molar-refractivity contribution < 1.29 is 23.8 Å². The van der Waals surface area contributed by atoms with Crippen LogP contribution in [0.2, 0.25) is 0 Å². The maximum atomic E-state index is 12.9. The maximum absolute atomic E-state index is 12.9. The fourth-order valence-electron chi connectivity index (χ4n) is 2.64. The molecule has 1 aromatic carbocycles. The molecule has 3 rings (SSSR count). The minimum atomic E-state index is -0.777. The zero-order chi connectivity index (χ0) is 18.0. The van der Waals surface area contributed by atoms with Crippen LogP contribution in [0.25, 0.3) is 5.52 Å². The fourth-order valence-corrected chi connectivity index (χ4v) is 2.64. The molecule has 2 aromatic heterocycles. The first-order valence-corrected chi connectivity index (χ1v) is 7.75. The van der Waals surface area contributed by atoms with Gasteiger partial charge in [-0.25, -0.2) is 4.79 Å². The van der Waals surface area contributed by atoms with Gasteiger partial charge < -0.3 is 15.6 Å². The first-order chi connectivity index (χ1) is 12.0. The SMILES string of the molecule is CCOC(=O)c1cc(C(=O)c2ccccc2)[n+]2cccc(N)c2c1[O-]. The molecule has 0 radical (unpaired) electrons. The normalized spacial score (nSPS) is 10.6. The van der Waals surface area contributed by atoms with Crippen molar-refractivity contribution >= 4 is 23.0 Å². The van der Waals surface area contributed by atoms with Gasteiger partial charge in [0.1, 0.15) is 5.69 Å². The Morgan fingerprint density at radius 2 is 1.88 bits per heavy atom. The number of fused-ring (bicyclic) bond motifs is 1. The molecule has 0 atom stereocenters. The van der Waals surface area contributed by atoms with E-state index in [0.717, 1.165) is 0 Å². The van der Waals surface area contributed by atoms with E-state index < -0.39 is 11.7 Å². The van der Waals surface area contributed by atoms with Crippen LogP contribution in [0.5, 0.6) is 5.75 Å². The Balaban J connectivity index is 2.31. The quantitative estimate of drug-likeness (QED) is 0.442. The highest BCUT2D eigenvalue weighted by molar-refractivity contribution is 6.08. The number of rotatable bonds is 4. The van der Waals surface area contributed by atoms with Crippen molar-refractivity contribution in [1.29, 1.82) is 0 Å². The highest BCUT2D eigenvalue weighted by atomic mass is 16.5. The zero-order valence-electron chi connectivity index (χ0n) is 13.6. The van der Waals surface area contributed by atoms with E-state index in [4.69, 9.17) is 10.5 Å². The third-order valence-electron chi connectivity index (χ3n) is 3.79. The van der Waals surface area contributed by atoms with E-state index in [2.05, 4.69) is 0 Å². The van der Waals surface area contributed by atoms with Crippen LogP contribution in [0.3, 0.4) is 0 Å². The van der Waals surface area contributed by atoms with Crippen LogP contribution in [0.1, 0.15) is 33.3 Å². The van der Waals surface area contributed by atoms with Crippen LogP contribution >= 0.6 is 0 Å². The van der Waals surface area contributed by atoms with Gasteiger partial charge in [0.05, 0.1) is 12.2 Å². The zero-order valence-corrected chi connectivity index (χ0v) is 13.6.